The number of amides is 1. The third-order valence-electron chi connectivity index (χ3n) is 3.49. The van der Waals surface area contributed by atoms with Crippen LogP contribution in [0.4, 0.5) is 0 Å². The molecule has 0 spiro atoms. The van der Waals surface area contributed by atoms with Gasteiger partial charge in [0.1, 0.15) is 5.69 Å². The molecule has 3 rings (SSSR count). The second-order valence-corrected chi connectivity index (χ2v) is 5.99. The Balaban J connectivity index is 1.83. The Bertz CT molecular complexity index is 704. The van der Waals surface area contributed by atoms with Crippen LogP contribution in [0.5, 0.6) is 0 Å². The molecule has 2 heterocycles. The zero-order chi connectivity index (χ0) is 14.1. The van der Waals surface area contributed by atoms with E-state index in [0.29, 0.717) is 5.69 Å². The lowest BCUT2D eigenvalue weighted by molar-refractivity contribution is 0.0928. The fourth-order valence-electron chi connectivity index (χ4n) is 2.55. The van der Waals surface area contributed by atoms with Gasteiger partial charge in [0.05, 0.1) is 11.0 Å². The first kappa shape index (κ1) is 13.1. The molecule has 1 atom stereocenters. The number of nitrogens with one attached hydrogen (secondary N) is 2. The SMILES string of the molecule is Cc1nc(C(=O)N[C@H]2CCCc3[nH]c(=O)ccc32)cs1. The first-order valence-electron chi connectivity index (χ1n) is 6.58. The summed E-state index contributed by atoms with van der Waals surface area (Å²) in [6.07, 6.45) is 2.69. The highest BCUT2D eigenvalue weighted by Gasteiger charge is 2.23. The Hall–Kier alpha value is -1.95. The van der Waals surface area contributed by atoms with E-state index in [1.807, 2.05) is 13.0 Å². The van der Waals surface area contributed by atoms with Gasteiger partial charge in [0.15, 0.2) is 0 Å². The Morgan fingerprint density at radius 2 is 2.35 bits per heavy atom. The summed E-state index contributed by atoms with van der Waals surface area (Å²) in [5, 5.41) is 5.65. The number of carbonyl (C=O) groups is 1. The Kier molecular flexibility index (Phi) is 3.40. The van der Waals surface area contributed by atoms with Crippen molar-refractivity contribution in [1.82, 2.24) is 15.3 Å². The summed E-state index contributed by atoms with van der Waals surface area (Å²) in [6, 6.07) is 3.27. The highest BCUT2D eigenvalue weighted by molar-refractivity contribution is 7.09. The summed E-state index contributed by atoms with van der Waals surface area (Å²) in [4.78, 5) is 30.6. The smallest absolute Gasteiger partial charge is 0.271 e. The molecule has 0 saturated carbocycles. The van der Waals surface area contributed by atoms with Gasteiger partial charge < -0.3 is 10.3 Å². The molecule has 104 valence electrons. The van der Waals surface area contributed by atoms with E-state index < -0.39 is 0 Å². The zero-order valence-electron chi connectivity index (χ0n) is 11.1. The van der Waals surface area contributed by atoms with E-state index in [-0.39, 0.29) is 17.5 Å². The lowest BCUT2D eigenvalue weighted by atomic mass is 9.91. The van der Waals surface area contributed by atoms with Crippen LogP contribution in [0, 0.1) is 6.92 Å². The number of hydrogen-bond acceptors (Lipinski definition) is 4. The summed E-state index contributed by atoms with van der Waals surface area (Å²) in [6.45, 7) is 1.88. The highest BCUT2D eigenvalue weighted by atomic mass is 32.1. The van der Waals surface area contributed by atoms with Crippen molar-refractivity contribution in [3.8, 4) is 0 Å². The maximum Gasteiger partial charge on any atom is 0.271 e. The number of rotatable bonds is 2. The molecule has 6 heteroatoms. The number of hydrogen-bond donors (Lipinski definition) is 2. The Labute approximate surface area is 120 Å². The summed E-state index contributed by atoms with van der Waals surface area (Å²) < 4.78 is 0. The summed E-state index contributed by atoms with van der Waals surface area (Å²) in [5.74, 6) is -0.154. The molecule has 5 nitrogen and oxygen atoms in total. The number of fused-ring (bicyclic) bond motifs is 1. The van der Waals surface area contributed by atoms with Crippen LogP contribution in [-0.4, -0.2) is 15.9 Å². The van der Waals surface area contributed by atoms with Crippen molar-refractivity contribution in [3.63, 3.8) is 0 Å². The van der Waals surface area contributed by atoms with Crippen molar-refractivity contribution in [1.29, 1.82) is 0 Å². The minimum Gasteiger partial charge on any atom is -0.344 e. The van der Waals surface area contributed by atoms with Crippen LogP contribution in [0.1, 0.15) is 45.6 Å². The van der Waals surface area contributed by atoms with Gasteiger partial charge in [-0.3, -0.25) is 9.59 Å². The van der Waals surface area contributed by atoms with E-state index in [4.69, 9.17) is 0 Å². The van der Waals surface area contributed by atoms with Gasteiger partial charge in [-0.25, -0.2) is 4.98 Å². The van der Waals surface area contributed by atoms with Gasteiger partial charge >= 0.3 is 0 Å². The van der Waals surface area contributed by atoms with E-state index in [1.165, 1.54) is 17.4 Å². The van der Waals surface area contributed by atoms with Crippen molar-refractivity contribution in [2.45, 2.75) is 32.2 Å². The van der Waals surface area contributed by atoms with Gasteiger partial charge in [-0.05, 0) is 37.8 Å². The average molecular weight is 289 g/mol. The lowest BCUT2D eigenvalue weighted by Crippen LogP contribution is -2.32. The maximum absolute atomic E-state index is 12.2. The molecule has 0 aliphatic heterocycles. The van der Waals surface area contributed by atoms with E-state index >= 15 is 0 Å². The van der Waals surface area contributed by atoms with Crippen LogP contribution >= 0.6 is 11.3 Å². The number of nitrogens with zero attached hydrogens (tertiary/aromatic N) is 1. The zero-order valence-corrected chi connectivity index (χ0v) is 11.9. The van der Waals surface area contributed by atoms with E-state index in [2.05, 4.69) is 15.3 Å². The average Bonchev–Trinajstić information content (AvgIpc) is 2.85. The van der Waals surface area contributed by atoms with Crippen LogP contribution in [0.2, 0.25) is 0 Å². The molecule has 2 aromatic rings. The van der Waals surface area contributed by atoms with Crippen molar-refractivity contribution >= 4 is 17.2 Å². The molecule has 20 heavy (non-hydrogen) atoms. The molecule has 0 bridgehead atoms. The fourth-order valence-corrected chi connectivity index (χ4v) is 3.14. The van der Waals surface area contributed by atoms with Gasteiger partial charge in [0.25, 0.3) is 5.91 Å². The molecule has 0 aromatic carbocycles. The first-order chi connectivity index (χ1) is 9.63. The number of pyridine rings is 1. The normalized spacial score (nSPS) is 17.6. The van der Waals surface area contributed by atoms with Crippen LogP contribution in [-0.2, 0) is 6.42 Å². The van der Waals surface area contributed by atoms with Gasteiger partial charge in [-0.15, -0.1) is 11.3 Å². The van der Waals surface area contributed by atoms with Crippen molar-refractivity contribution in [2.24, 2.45) is 0 Å². The molecule has 0 unspecified atom stereocenters. The Morgan fingerprint density at radius 3 is 3.10 bits per heavy atom. The predicted octanol–water partition coefficient (Wildman–Crippen LogP) is 1.95. The molecular weight excluding hydrogens is 274 g/mol. The number of aromatic nitrogens is 2. The molecule has 1 aliphatic rings. The fraction of sp³-hybridized carbons (Fsp3) is 0.357. The minimum absolute atomic E-state index is 0.0508. The molecule has 2 N–H and O–H groups in total. The number of thiazole rings is 1. The lowest BCUT2D eigenvalue weighted by Gasteiger charge is -2.25. The summed E-state index contributed by atoms with van der Waals surface area (Å²) >= 11 is 1.46. The molecule has 1 aliphatic carbocycles. The van der Waals surface area contributed by atoms with Gasteiger partial charge in [-0.1, -0.05) is 0 Å². The second kappa shape index (κ2) is 5.20. The number of aryl methyl sites for hydroxylation is 2. The molecule has 1 amide bonds. The largest absolute Gasteiger partial charge is 0.344 e. The molecule has 0 fully saturated rings. The van der Waals surface area contributed by atoms with E-state index in [1.54, 1.807) is 5.38 Å². The highest BCUT2D eigenvalue weighted by Crippen LogP contribution is 2.27. The van der Waals surface area contributed by atoms with Gasteiger partial charge in [0.2, 0.25) is 5.56 Å². The predicted molar refractivity (Wildman–Crippen MR) is 77.1 cm³/mol. The number of H-pyrrole nitrogens is 1. The van der Waals surface area contributed by atoms with E-state index in [9.17, 15) is 9.59 Å². The Morgan fingerprint density at radius 1 is 1.50 bits per heavy atom. The van der Waals surface area contributed by atoms with Crippen LogP contribution in [0.25, 0.3) is 0 Å². The third-order valence-corrected chi connectivity index (χ3v) is 4.26. The standard InChI is InChI=1S/C14H15N3O2S/c1-8-15-12(7-20-8)14(19)17-11-4-2-3-10-9(11)5-6-13(18)16-10/h5-7,11H,2-4H2,1H3,(H,16,18)(H,17,19)/t11-/m0/s1. The quantitative estimate of drug-likeness (QED) is 0.887. The van der Waals surface area contributed by atoms with Crippen molar-refractivity contribution < 1.29 is 4.79 Å². The number of aromatic amines is 1. The maximum atomic E-state index is 12.2. The number of carbonyl (C=O) groups excluding carboxylic acids is 1. The van der Waals surface area contributed by atoms with Gasteiger partial charge in [0, 0.05) is 17.1 Å². The molecule has 2 aromatic heterocycles. The molecular formula is C14H15N3O2S. The van der Waals surface area contributed by atoms with Crippen LogP contribution in [0.15, 0.2) is 22.3 Å². The molecule has 0 saturated heterocycles. The van der Waals surface area contributed by atoms with Gasteiger partial charge in [-0.2, -0.15) is 0 Å². The van der Waals surface area contributed by atoms with Crippen molar-refractivity contribution in [2.75, 3.05) is 0 Å². The first-order valence-corrected chi connectivity index (χ1v) is 7.46. The monoisotopic (exact) mass is 289 g/mol. The van der Waals surface area contributed by atoms with Crippen LogP contribution in [0.3, 0.4) is 0 Å². The second-order valence-electron chi connectivity index (χ2n) is 4.93. The van der Waals surface area contributed by atoms with E-state index in [0.717, 1.165) is 35.5 Å². The summed E-state index contributed by atoms with van der Waals surface area (Å²) in [7, 11) is 0. The molecule has 0 radical (unpaired) electrons. The topological polar surface area (TPSA) is 74.8 Å². The summed E-state index contributed by atoms with van der Waals surface area (Å²) in [5.41, 5.74) is 2.31. The van der Waals surface area contributed by atoms with Crippen LogP contribution < -0.4 is 10.9 Å². The van der Waals surface area contributed by atoms with Crippen molar-refractivity contribution in [3.05, 3.63) is 49.8 Å². The third kappa shape index (κ3) is 2.51. The minimum atomic E-state index is -0.154.